The molecule has 1 aliphatic carbocycles. The number of benzene rings is 1. The molecule has 188 valence electrons. The Bertz CT molecular complexity index is 1210. The zero-order valence-electron chi connectivity index (χ0n) is 21.3. The summed E-state index contributed by atoms with van der Waals surface area (Å²) in [6.45, 7) is 8.46. The Hall–Kier alpha value is -2.58. The van der Waals surface area contributed by atoms with Crippen LogP contribution in [0.1, 0.15) is 92.9 Å². The number of nitrogens with zero attached hydrogens (tertiary/aromatic N) is 5. The molecular formula is C27H38N6O2. The smallest absolute Gasteiger partial charge is 0.252 e. The summed E-state index contributed by atoms with van der Waals surface area (Å²) < 4.78 is 8.10. The van der Waals surface area contributed by atoms with Crippen molar-refractivity contribution in [2.75, 3.05) is 13.2 Å². The summed E-state index contributed by atoms with van der Waals surface area (Å²) in [5, 5.41) is 14.2. The van der Waals surface area contributed by atoms with Crippen LogP contribution in [0.3, 0.4) is 0 Å². The fourth-order valence-corrected chi connectivity index (χ4v) is 6.01. The Kier molecular flexibility index (Phi) is 7.29. The molecule has 3 heterocycles. The van der Waals surface area contributed by atoms with Crippen LogP contribution in [-0.2, 0) is 11.3 Å². The number of aromatic amines is 1. The number of rotatable bonds is 8. The Morgan fingerprint density at radius 3 is 2.71 bits per heavy atom. The molecule has 1 aliphatic heterocycles. The predicted molar refractivity (Wildman–Crippen MR) is 136 cm³/mol. The predicted octanol–water partition coefficient (Wildman–Crippen LogP) is 4.77. The first kappa shape index (κ1) is 24.1. The van der Waals surface area contributed by atoms with E-state index in [1.54, 1.807) is 0 Å². The van der Waals surface area contributed by atoms with Crippen LogP contribution >= 0.6 is 0 Å². The lowest BCUT2D eigenvalue weighted by Crippen LogP contribution is -2.38. The van der Waals surface area contributed by atoms with Crippen LogP contribution in [0.25, 0.3) is 10.9 Å². The van der Waals surface area contributed by atoms with Gasteiger partial charge in [-0.1, -0.05) is 32.3 Å². The number of aryl methyl sites for hydroxylation is 2. The van der Waals surface area contributed by atoms with E-state index in [2.05, 4.69) is 63.0 Å². The van der Waals surface area contributed by atoms with E-state index in [1.807, 2.05) is 6.07 Å². The van der Waals surface area contributed by atoms with Crippen LogP contribution in [0.5, 0.6) is 0 Å². The molecule has 2 fully saturated rings. The number of ether oxygens (including phenoxy) is 1. The number of hydrogen-bond donors (Lipinski definition) is 1. The maximum absolute atomic E-state index is 13.2. The molecule has 0 bridgehead atoms. The Labute approximate surface area is 207 Å². The van der Waals surface area contributed by atoms with Crippen molar-refractivity contribution in [3.63, 3.8) is 0 Å². The molecule has 8 nitrogen and oxygen atoms in total. The molecule has 2 aromatic heterocycles. The quantitative estimate of drug-likeness (QED) is 0.502. The summed E-state index contributed by atoms with van der Waals surface area (Å²) in [6.07, 6.45) is 9.18. The van der Waals surface area contributed by atoms with E-state index in [0.29, 0.717) is 12.6 Å². The van der Waals surface area contributed by atoms with E-state index in [9.17, 15) is 4.79 Å². The molecule has 2 aliphatic rings. The third-order valence-corrected chi connectivity index (χ3v) is 7.79. The van der Waals surface area contributed by atoms with Gasteiger partial charge in [0.05, 0.1) is 18.2 Å². The van der Waals surface area contributed by atoms with Crippen LogP contribution in [-0.4, -0.2) is 49.3 Å². The summed E-state index contributed by atoms with van der Waals surface area (Å²) in [5.41, 5.74) is 3.98. The monoisotopic (exact) mass is 478 g/mol. The number of H-pyrrole nitrogens is 1. The molecule has 1 saturated carbocycles. The molecule has 0 unspecified atom stereocenters. The van der Waals surface area contributed by atoms with Gasteiger partial charge in [-0.25, -0.2) is 4.68 Å². The molecule has 1 aromatic carbocycles. The minimum Gasteiger partial charge on any atom is -0.377 e. The van der Waals surface area contributed by atoms with Gasteiger partial charge in [0.25, 0.3) is 5.56 Å². The van der Waals surface area contributed by atoms with E-state index in [1.165, 1.54) is 24.8 Å². The first-order valence-corrected chi connectivity index (χ1v) is 13.3. The molecule has 1 saturated heterocycles. The van der Waals surface area contributed by atoms with Gasteiger partial charge < -0.3 is 9.72 Å². The number of nitrogens with one attached hydrogen (secondary N) is 1. The van der Waals surface area contributed by atoms with E-state index in [0.717, 1.165) is 73.1 Å². The molecule has 5 rings (SSSR count). The topological polar surface area (TPSA) is 88.9 Å². The molecule has 1 N–H and O–H groups in total. The number of aromatic nitrogens is 5. The first-order chi connectivity index (χ1) is 17.0. The van der Waals surface area contributed by atoms with Gasteiger partial charge in [-0.2, -0.15) is 0 Å². The van der Waals surface area contributed by atoms with Gasteiger partial charge in [-0.05, 0) is 79.6 Å². The highest BCUT2D eigenvalue weighted by Gasteiger charge is 2.31. The molecule has 3 aromatic rings. The van der Waals surface area contributed by atoms with Crippen LogP contribution < -0.4 is 5.56 Å². The van der Waals surface area contributed by atoms with Crippen molar-refractivity contribution in [3.05, 3.63) is 51.1 Å². The van der Waals surface area contributed by atoms with Crippen molar-refractivity contribution >= 4 is 10.9 Å². The second-order valence-electron chi connectivity index (χ2n) is 10.4. The number of hydrogen-bond acceptors (Lipinski definition) is 6. The average Bonchev–Trinajstić information content (AvgIpc) is 3.53. The summed E-state index contributed by atoms with van der Waals surface area (Å²) >= 11 is 0. The van der Waals surface area contributed by atoms with Gasteiger partial charge in [0.2, 0.25) is 0 Å². The molecule has 0 amide bonds. The molecular weight excluding hydrogens is 440 g/mol. The fourth-order valence-electron chi connectivity index (χ4n) is 6.01. The lowest BCUT2D eigenvalue weighted by Gasteiger charge is -2.33. The van der Waals surface area contributed by atoms with Crippen LogP contribution in [0, 0.1) is 13.8 Å². The van der Waals surface area contributed by atoms with Crippen LogP contribution in [0.15, 0.2) is 23.0 Å². The highest BCUT2D eigenvalue weighted by molar-refractivity contribution is 5.83. The largest absolute Gasteiger partial charge is 0.377 e. The van der Waals surface area contributed by atoms with Crippen molar-refractivity contribution in [3.8, 4) is 0 Å². The Morgan fingerprint density at radius 1 is 1.14 bits per heavy atom. The summed E-state index contributed by atoms with van der Waals surface area (Å²) in [7, 11) is 0. The van der Waals surface area contributed by atoms with Crippen molar-refractivity contribution in [1.82, 2.24) is 30.1 Å². The van der Waals surface area contributed by atoms with Gasteiger partial charge in [-0.15, -0.1) is 5.10 Å². The Balaban J connectivity index is 1.50. The fraction of sp³-hybridized carbons (Fsp3) is 0.630. The van der Waals surface area contributed by atoms with E-state index in [-0.39, 0.29) is 17.7 Å². The van der Waals surface area contributed by atoms with Crippen LogP contribution in [0.4, 0.5) is 0 Å². The minimum absolute atomic E-state index is 0.0188. The lowest BCUT2D eigenvalue weighted by atomic mass is 9.95. The normalized spacial score (nSPS) is 20.2. The minimum atomic E-state index is -0.0263. The van der Waals surface area contributed by atoms with Crippen molar-refractivity contribution < 1.29 is 4.74 Å². The third kappa shape index (κ3) is 5.19. The maximum atomic E-state index is 13.2. The van der Waals surface area contributed by atoms with Crippen molar-refractivity contribution in [2.24, 2.45) is 0 Å². The van der Waals surface area contributed by atoms with Gasteiger partial charge >= 0.3 is 0 Å². The van der Waals surface area contributed by atoms with Gasteiger partial charge in [0, 0.05) is 36.2 Å². The zero-order chi connectivity index (χ0) is 24.4. The highest BCUT2D eigenvalue weighted by atomic mass is 16.5. The molecule has 2 atom stereocenters. The summed E-state index contributed by atoms with van der Waals surface area (Å²) in [4.78, 5) is 18.7. The SMILES string of the molecule is CC[C@@H](c1nnnn1C1CCCCC1)N(Cc1cc2c(C)cc(C)cc2[nH]c1=O)C[C@@H]1CCCO1. The van der Waals surface area contributed by atoms with E-state index < -0.39 is 0 Å². The zero-order valence-corrected chi connectivity index (χ0v) is 21.3. The Morgan fingerprint density at radius 2 is 1.97 bits per heavy atom. The summed E-state index contributed by atoms with van der Waals surface area (Å²) in [6, 6.07) is 6.67. The van der Waals surface area contributed by atoms with Crippen molar-refractivity contribution in [1.29, 1.82) is 0 Å². The highest BCUT2D eigenvalue weighted by Crippen LogP contribution is 2.33. The standard InChI is InChI=1S/C27H38N6O2/c1-4-25(26-29-30-31-33(26)21-9-6-5-7-10-21)32(17-22-11-8-12-35-22)16-20-15-23-19(3)13-18(2)14-24(23)28-27(20)34/h13-15,21-22,25H,4-12,16-17H2,1-3H3,(H,28,34)/t22-,25-/m0/s1. The third-order valence-electron chi connectivity index (χ3n) is 7.79. The molecule has 35 heavy (non-hydrogen) atoms. The van der Waals surface area contributed by atoms with E-state index >= 15 is 0 Å². The summed E-state index contributed by atoms with van der Waals surface area (Å²) in [5.74, 6) is 0.918. The van der Waals surface area contributed by atoms with Gasteiger partial charge in [0.15, 0.2) is 5.82 Å². The molecule has 0 radical (unpaired) electrons. The van der Waals surface area contributed by atoms with Crippen LogP contribution in [0.2, 0.25) is 0 Å². The second-order valence-corrected chi connectivity index (χ2v) is 10.4. The number of pyridine rings is 1. The van der Waals surface area contributed by atoms with Gasteiger partial charge in [-0.3, -0.25) is 9.69 Å². The maximum Gasteiger partial charge on any atom is 0.252 e. The second kappa shape index (κ2) is 10.6. The van der Waals surface area contributed by atoms with Crippen molar-refractivity contribution in [2.45, 2.75) is 96.9 Å². The number of fused-ring (bicyclic) bond motifs is 1. The lowest BCUT2D eigenvalue weighted by molar-refractivity contribution is 0.0481. The number of tetrazole rings is 1. The molecule has 8 heteroatoms. The molecule has 0 spiro atoms. The first-order valence-electron chi connectivity index (χ1n) is 13.3. The van der Waals surface area contributed by atoms with Gasteiger partial charge in [0.1, 0.15) is 0 Å². The van der Waals surface area contributed by atoms with E-state index in [4.69, 9.17) is 4.74 Å². The average molecular weight is 479 g/mol.